The van der Waals surface area contributed by atoms with Crippen molar-refractivity contribution in [1.82, 2.24) is 24.7 Å². The monoisotopic (exact) mass is 217 g/mol. The third kappa shape index (κ3) is 1.93. The summed E-state index contributed by atoms with van der Waals surface area (Å²) in [5, 5.41) is 4.43. The van der Waals surface area contributed by atoms with Crippen LogP contribution in [0.1, 0.15) is 31.3 Å². The molecule has 0 bridgehead atoms. The van der Waals surface area contributed by atoms with Crippen molar-refractivity contribution in [2.75, 3.05) is 0 Å². The second-order valence-electron chi connectivity index (χ2n) is 3.53. The van der Waals surface area contributed by atoms with Gasteiger partial charge in [0.2, 0.25) is 0 Å². The van der Waals surface area contributed by atoms with Crippen LogP contribution in [-0.4, -0.2) is 24.7 Å². The van der Waals surface area contributed by atoms with Crippen molar-refractivity contribution >= 4 is 0 Å². The molecule has 0 aliphatic carbocycles. The molecule has 5 heteroatoms. The minimum atomic E-state index is 0.744. The Bertz CT molecular complexity index is 489. The van der Waals surface area contributed by atoms with Crippen LogP contribution >= 0.6 is 0 Å². The van der Waals surface area contributed by atoms with Crippen molar-refractivity contribution < 1.29 is 0 Å². The van der Waals surface area contributed by atoms with Crippen molar-refractivity contribution in [1.29, 1.82) is 0 Å². The van der Waals surface area contributed by atoms with Gasteiger partial charge in [-0.15, -0.1) is 5.10 Å². The van der Waals surface area contributed by atoms with Crippen molar-refractivity contribution in [2.45, 2.75) is 33.6 Å². The quantitative estimate of drug-likeness (QED) is 0.781. The van der Waals surface area contributed by atoms with Gasteiger partial charge in [-0.05, 0) is 6.92 Å². The third-order valence-electron chi connectivity index (χ3n) is 2.33. The number of nitrogens with zero attached hydrogens (tertiary/aromatic N) is 5. The van der Waals surface area contributed by atoms with Crippen molar-refractivity contribution in [2.24, 2.45) is 0 Å². The molecule has 2 aromatic rings. The lowest BCUT2D eigenvalue weighted by Gasteiger charge is -2.02. The molecule has 0 saturated heterocycles. The summed E-state index contributed by atoms with van der Waals surface area (Å²) < 4.78 is 1.80. The molecule has 16 heavy (non-hydrogen) atoms. The maximum Gasteiger partial charge on any atom is 0.159 e. The molecule has 0 aromatic carbocycles. The summed E-state index contributed by atoms with van der Waals surface area (Å²) in [6, 6.07) is 1.85. The van der Waals surface area contributed by atoms with Crippen LogP contribution in [0.2, 0.25) is 0 Å². The van der Waals surface area contributed by atoms with Gasteiger partial charge >= 0.3 is 0 Å². The van der Waals surface area contributed by atoms with Crippen LogP contribution in [0.4, 0.5) is 0 Å². The normalized spacial score (nSPS) is 10.7. The summed E-state index contributed by atoms with van der Waals surface area (Å²) in [4.78, 5) is 12.9. The molecule has 2 rings (SSSR count). The zero-order valence-electron chi connectivity index (χ0n) is 9.80. The Morgan fingerprint density at radius 1 is 1.19 bits per heavy atom. The molecule has 0 spiro atoms. The van der Waals surface area contributed by atoms with Crippen LogP contribution in [0.15, 0.2) is 12.3 Å². The zero-order valence-corrected chi connectivity index (χ0v) is 9.80. The first-order valence-electron chi connectivity index (χ1n) is 5.49. The van der Waals surface area contributed by atoms with Crippen LogP contribution in [0.3, 0.4) is 0 Å². The summed E-state index contributed by atoms with van der Waals surface area (Å²) in [6.07, 6.45) is 3.42. The van der Waals surface area contributed by atoms with E-state index in [9.17, 15) is 0 Å². The summed E-state index contributed by atoms with van der Waals surface area (Å²) >= 11 is 0. The second kappa shape index (κ2) is 4.38. The summed E-state index contributed by atoms with van der Waals surface area (Å²) in [5.41, 5.74) is 0. The van der Waals surface area contributed by atoms with E-state index in [4.69, 9.17) is 0 Å². The highest BCUT2D eigenvalue weighted by Crippen LogP contribution is 2.08. The molecule has 0 unspecified atom stereocenters. The van der Waals surface area contributed by atoms with Gasteiger partial charge < -0.3 is 0 Å². The lowest BCUT2D eigenvalue weighted by atomic mass is 10.4. The molecule has 0 aliphatic rings. The minimum absolute atomic E-state index is 0.744. The number of aryl methyl sites for hydroxylation is 3. The van der Waals surface area contributed by atoms with E-state index in [-0.39, 0.29) is 0 Å². The molecule has 84 valence electrons. The van der Waals surface area contributed by atoms with Crippen LogP contribution in [-0.2, 0) is 12.8 Å². The zero-order chi connectivity index (χ0) is 11.5. The number of hydrogen-bond acceptors (Lipinski definition) is 4. The first-order valence-corrected chi connectivity index (χ1v) is 5.49. The molecule has 0 atom stereocenters. The Morgan fingerprint density at radius 2 is 2.00 bits per heavy atom. The molecule has 5 nitrogen and oxygen atoms in total. The van der Waals surface area contributed by atoms with E-state index in [0.29, 0.717) is 0 Å². The van der Waals surface area contributed by atoms with E-state index in [0.717, 1.165) is 36.1 Å². The van der Waals surface area contributed by atoms with Crippen LogP contribution in [0.5, 0.6) is 0 Å². The molecule has 0 fully saturated rings. The molecule has 2 aromatic heterocycles. The fourth-order valence-electron chi connectivity index (χ4n) is 1.52. The van der Waals surface area contributed by atoms with Crippen molar-refractivity contribution in [3.05, 3.63) is 29.7 Å². The second-order valence-corrected chi connectivity index (χ2v) is 3.53. The van der Waals surface area contributed by atoms with Gasteiger partial charge in [-0.3, -0.25) is 0 Å². The third-order valence-corrected chi connectivity index (χ3v) is 2.33. The first kappa shape index (κ1) is 10.7. The van der Waals surface area contributed by atoms with Crippen LogP contribution in [0.25, 0.3) is 5.82 Å². The first-order chi connectivity index (χ1) is 7.74. The molecular weight excluding hydrogens is 202 g/mol. The van der Waals surface area contributed by atoms with Gasteiger partial charge in [0.25, 0.3) is 0 Å². The minimum Gasteiger partial charge on any atom is -0.242 e. The molecule has 0 saturated carbocycles. The molecule has 2 heterocycles. The SMILES string of the molecule is CCc1nc(CC)n(-c2ccnc(C)n2)n1. The average Bonchev–Trinajstić information content (AvgIpc) is 2.72. The summed E-state index contributed by atoms with van der Waals surface area (Å²) in [5.74, 6) is 3.33. The standard InChI is InChI=1S/C11H15N5/c1-4-9-14-10(5-2)16(15-9)11-6-7-12-8(3)13-11/h6-7H,4-5H2,1-3H3. The molecule has 0 N–H and O–H groups in total. The van der Waals surface area contributed by atoms with E-state index in [1.165, 1.54) is 0 Å². The predicted molar refractivity (Wildman–Crippen MR) is 60.4 cm³/mol. The predicted octanol–water partition coefficient (Wildman–Crippen LogP) is 1.49. The topological polar surface area (TPSA) is 56.5 Å². The maximum atomic E-state index is 4.44. The highest BCUT2D eigenvalue weighted by atomic mass is 15.4. The molecule has 0 amide bonds. The van der Waals surface area contributed by atoms with Gasteiger partial charge in [0, 0.05) is 25.1 Å². The van der Waals surface area contributed by atoms with Crippen LogP contribution < -0.4 is 0 Å². The number of rotatable bonds is 3. The van der Waals surface area contributed by atoms with E-state index < -0.39 is 0 Å². The van der Waals surface area contributed by atoms with Crippen LogP contribution in [0, 0.1) is 6.92 Å². The van der Waals surface area contributed by atoms with Gasteiger partial charge in [-0.1, -0.05) is 13.8 Å². The van der Waals surface area contributed by atoms with E-state index in [2.05, 4.69) is 27.0 Å². The highest BCUT2D eigenvalue weighted by Gasteiger charge is 2.09. The Balaban J connectivity index is 2.50. The van der Waals surface area contributed by atoms with Gasteiger partial charge in [-0.2, -0.15) is 4.68 Å². The summed E-state index contributed by atoms with van der Waals surface area (Å²) in [6.45, 7) is 5.98. The lowest BCUT2D eigenvalue weighted by Crippen LogP contribution is -2.05. The Kier molecular flexibility index (Phi) is 2.94. The lowest BCUT2D eigenvalue weighted by molar-refractivity contribution is 0.760. The van der Waals surface area contributed by atoms with Crippen molar-refractivity contribution in [3.8, 4) is 5.82 Å². The van der Waals surface area contributed by atoms with Crippen molar-refractivity contribution in [3.63, 3.8) is 0 Å². The number of aromatic nitrogens is 5. The maximum absolute atomic E-state index is 4.44. The fourth-order valence-corrected chi connectivity index (χ4v) is 1.52. The largest absolute Gasteiger partial charge is 0.242 e. The smallest absolute Gasteiger partial charge is 0.159 e. The van der Waals surface area contributed by atoms with Gasteiger partial charge in [0.1, 0.15) is 11.6 Å². The Labute approximate surface area is 94.6 Å². The molecule has 0 radical (unpaired) electrons. The highest BCUT2D eigenvalue weighted by molar-refractivity contribution is 5.21. The van der Waals surface area contributed by atoms with E-state index in [1.807, 2.05) is 19.9 Å². The van der Waals surface area contributed by atoms with E-state index >= 15 is 0 Å². The van der Waals surface area contributed by atoms with Gasteiger partial charge in [0.05, 0.1) is 0 Å². The summed E-state index contributed by atoms with van der Waals surface area (Å²) in [7, 11) is 0. The van der Waals surface area contributed by atoms with E-state index in [1.54, 1.807) is 10.9 Å². The average molecular weight is 217 g/mol. The molecule has 0 aliphatic heterocycles. The van der Waals surface area contributed by atoms with Gasteiger partial charge in [-0.25, -0.2) is 15.0 Å². The fraction of sp³-hybridized carbons (Fsp3) is 0.455. The van der Waals surface area contributed by atoms with Gasteiger partial charge in [0.15, 0.2) is 11.6 Å². The molecular formula is C11H15N5. The number of hydrogen-bond donors (Lipinski definition) is 0. The Morgan fingerprint density at radius 3 is 2.62 bits per heavy atom. The Hall–Kier alpha value is -1.78.